The number of hydrogen-bond donors (Lipinski definition) is 1. The number of ether oxygens (including phenoxy) is 2. The summed E-state index contributed by atoms with van der Waals surface area (Å²) in [6.07, 6.45) is 1.81. The average Bonchev–Trinajstić information content (AvgIpc) is 2.84. The SMILES string of the molecule is COc1ccc(CN(Cc2ccc(OC)cc2)c2ncccc2C(C)NS(=O)C(C)(C)C)cc1. The Morgan fingerprint density at radius 1 is 0.912 bits per heavy atom. The number of pyridine rings is 1. The van der Waals surface area contributed by atoms with Crippen LogP contribution in [-0.2, 0) is 24.1 Å². The quantitative estimate of drug-likeness (QED) is 0.419. The van der Waals surface area contributed by atoms with Gasteiger partial charge in [-0.25, -0.2) is 13.9 Å². The fourth-order valence-corrected chi connectivity index (χ4v) is 4.32. The second-order valence-corrected chi connectivity index (χ2v) is 11.2. The Labute approximate surface area is 205 Å². The molecule has 6 nitrogen and oxygen atoms in total. The standard InChI is InChI=1S/C27H35N3O3S/c1-20(29-34(31)27(2,3)4)25-8-7-17-28-26(25)30(18-21-9-13-23(32-5)14-10-21)19-22-11-15-24(33-6)16-12-22/h7-17,20,29H,18-19H2,1-6H3. The maximum atomic E-state index is 12.8. The largest absolute Gasteiger partial charge is 0.497 e. The van der Waals surface area contributed by atoms with Crippen molar-refractivity contribution in [3.63, 3.8) is 0 Å². The summed E-state index contributed by atoms with van der Waals surface area (Å²) in [6.45, 7) is 9.25. The Morgan fingerprint density at radius 3 is 1.85 bits per heavy atom. The number of anilines is 1. The first-order chi connectivity index (χ1) is 16.2. The molecule has 2 atom stereocenters. The van der Waals surface area contributed by atoms with Crippen molar-refractivity contribution in [2.75, 3.05) is 19.1 Å². The molecule has 0 aliphatic heterocycles. The van der Waals surface area contributed by atoms with Crippen LogP contribution in [-0.4, -0.2) is 28.2 Å². The minimum atomic E-state index is -1.20. The van der Waals surface area contributed by atoms with Gasteiger partial charge in [-0.1, -0.05) is 30.3 Å². The van der Waals surface area contributed by atoms with E-state index in [2.05, 4.69) is 40.0 Å². The van der Waals surface area contributed by atoms with E-state index in [1.54, 1.807) is 20.4 Å². The van der Waals surface area contributed by atoms with Crippen molar-refractivity contribution in [1.82, 2.24) is 9.71 Å². The van der Waals surface area contributed by atoms with Crippen LogP contribution in [0.4, 0.5) is 5.82 Å². The number of nitrogens with zero attached hydrogens (tertiary/aromatic N) is 2. The lowest BCUT2D eigenvalue weighted by Crippen LogP contribution is -2.35. The zero-order valence-corrected chi connectivity index (χ0v) is 21.7. The molecule has 0 amide bonds. The maximum Gasteiger partial charge on any atom is 0.133 e. The third-order valence-electron chi connectivity index (χ3n) is 5.49. The van der Waals surface area contributed by atoms with E-state index in [0.29, 0.717) is 13.1 Å². The lowest BCUT2D eigenvalue weighted by molar-refractivity contribution is 0.414. The molecule has 3 aromatic rings. The molecule has 0 spiro atoms. The van der Waals surface area contributed by atoms with E-state index in [-0.39, 0.29) is 10.8 Å². The zero-order valence-electron chi connectivity index (χ0n) is 20.9. The Bertz CT molecular complexity index is 1030. The third-order valence-corrected chi connectivity index (χ3v) is 7.17. The lowest BCUT2D eigenvalue weighted by atomic mass is 10.1. The predicted molar refractivity (Wildman–Crippen MR) is 140 cm³/mol. The third kappa shape index (κ3) is 6.81. The predicted octanol–water partition coefficient (Wildman–Crippen LogP) is 5.42. The molecule has 34 heavy (non-hydrogen) atoms. The molecule has 182 valence electrons. The highest BCUT2D eigenvalue weighted by Crippen LogP contribution is 2.29. The summed E-state index contributed by atoms with van der Waals surface area (Å²) in [5, 5.41) is 0. The van der Waals surface area contributed by atoms with Crippen molar-refractivity contribution < 1.29 is 13.7 Å². The molecule has 1 heterocycles. The van der Waals surface area contributed by atoms with Crippen LogP contribution in [0.1, 0.15) is 50.4 Å². The molecule has 0 fully saturated rings. The summed E-state index contributed by atoms with van der Waals surface area (Å²) in [5.41, 5.74) is 3.29. The van der Waals surface area contributed by atoms with Gasteiger partial charge in [0, 0.05) is 30.9 Å². The molecule has 0 saturated heterocycles. The van der Waals surface area contributed by atoms with Crippen LogP contribution in [0.25, 0.3) is 0 Å². The Hall–Kier alpha value is -2.90. The van der Waals surface area contributed by atoms with E-state index in [1.165, 1.54) is 0 Å². The molecule has 2 unspecified atom stereocenters. The fourth-order valence-electron chi connectivity index (χ4n) is 3.52. The number of benzene rings is 2. The van der Waals surface area contributed by atoms with E-state index >= 15 is 0 Å². The molecular weight excluding hydrogens is 446 g/mol. The summed E-state index contributed by atoms with van der Waals surface area (Å²) in [5.74, 6) is 2.51. The summed E-state index contributed by atoms with van der Waals surface area (Å²) < 4.78 is 26.3. The second kappa shape index (κ2) is 11.5. The number of nitrogens with one attached hydrogen (secondary N) is 1. The Morgan fingerprint density at radius 2 is 1.41 bits per heavy atom. The van der Waals surface area contributed by atoms with Crippen LogP contribution in [0, 0.1) is 0 Å². The molecule has 3 rings (SSSR count). The molecule has 1 aromatic heterocycles. The van der Waals surface area contributed by atoms with Gasteiger partial charge in [0.25, 0.3) is 0 Å². The van der Waals surface area contributed by atoms with Gasteiger partial charge in [-0.3, -0.25) is 0 Å². The smallest absolute Gasteiger partial charge is 0.133 e. The van der Waals surface area contributed by atoms with Crippen molar-refractivity contribution in [3.05, 3.63) is 83.6 Å². The minimum absolute atomic E-state index is 0.141. The lowest BCUT2D eigenvalue weighted by Gasteiger charge is -2.29. The van der Waals surface area contributed by atoms with Crippen LogP contribution in [0.3, 0.4) is 0 Å². The van der Waals surface area contributed by atoms with Gasteiger partial charge in [0.15, 0.2) is 0 Å². The normalized spacial score (nSPS) is 13.2. The first-order valence-electron chi connectivity index (χ1n) is 11.3. The first kappa shape index (κ1) is 25.7. The summed E-state index contributed by atoms with van der Waals surface area (Å²) in [7, 11) is 2.14. The minimum Gasteiger partial charge on any atom is -0.497 e. The van der Waals surface area contributed by atoms with Crippen molar-refractivity contribution in [2.45, 2.75) is 51.6 Å². The van der Waals surface area contributed by atoms with E-state index in [0.717, 1.165) is 34.0 Å². The number of aromatic nitrogens is 1. The number of hydrogen-bond acceptors (Lipinski definition) is 5. The van der Waals surface area contributed by atoms with Gasteiger partial charge in [0.1, 0.15) is 17.3 Å². The molecule has 0 saturated carbocycles. The van der Waals surface area contributed by atoms with E-state index in [9.17, 15) is 4.21 Å². The highest BCUT2D eigenvalue weighted by atomic mass is 32.2. The van der Waals surface area contributed by atoms with Crippen LogP contribution < -0.4 is 19.1 Å². The van der Waals surface area contributed by atoms with E-state index < -0.39 is 11.0 Å². The maximum absolute atomic E-state index is 12.8. The molecule has 7 heteroatoms. The van der Waals surface area contributed by atoms with Gasteiger partial charge in [0.2, 0.25) is 0 Å². The Balaban J connectivity index is 1.95. The zero-order chi connectivity index (χ0) is 24.7. The fraction of sp³-hybridized carbons (Fsp3) is 0.370. The molecule has 1 N–H and O–H groups in total. The van der Waals surface area contributed by atoms with Gasteiger partial charge in [-0.05, 0) is 69.2 Å². The molecular formula is C27H35N3O3S. The van der Waals surface area contributed by atoms with Crippen molar-refractivity contribution in [2.24, 2.45) is 0 Å². The average molecular weight is 482 g/mol. The number of methoxy groups -OCH3 is 2. The second-order valence-electron chi connectivity index (χ2n) is 9.19. The van der Waals surface area contributed by atoms with Gasteiger partial charge in [0.05, 0.1) is 30.0 Å². The van der Waals surface area contributed by atoms with E-state index in [4.69, 9.17) is 14.5 Å². The van der Waals surface area contributed by atoms with Crippen molar-refractivity contribution in [3.8, 4) is 11.5 Å². The van der Waals surface area contributed by atoms with Crippen molar-refractivity contribution in [1.29, 1.82) is 0 Å². The summed E-state index contributed by atoms with van der Waals surface area (Å²) in [4.78, 5) is 7.01. The summed E-state index contributed by atoms with van der Waals surface area (Å²) in [6, 6.07) is 20.0. The highest BCUT2D eigenvalue weighted by molar-refractivity contribution is 7.84. The van der Waals surface area contributed by atoms with Crippen LogP contribution in [0.15, 0.2) is 66.9 Å². The molecule has 0 aliphatic rings. The highest BCUT2D eigenvalue weighted by Gasteiger charge is 2.24. The first-order valence-corrected chi connectivity index (χ1v) is 12.5. The topological polar surface area (TPSA) is 63.7 Å². The van der Waals surface area contributed by atoms with Crippen molar-refractivity contribution >= 4 is 16.8 Å². The monoisotopic (exact) mass is 481 g/mol. The number of rotatable bonds is 10. The summed E-state index contributed by atoms with van der Waals surface area (Å²) >= 11 is 0. The van der Waals surface area contributed by atoms with Crippen LogP contribution in [0.2, 0.25) is 0 Å². The van der Waals surface area contributed by atoms with Crippen LogP contribution >= 0.6 is 0 Å². The molecule has 0 bridgehead atoms. The molecule has 0 aliphatic carbocycles. The Kier molecular flexibility index (Phi) is 8.69. The van der Waals surface area contributed by atoms with Crippen LogP contribution in [0.5, 0.6) is 11.5 Å². The van der Waals surface area contributed by atoms with Gasteiger partial charge < -0.3 is 14.4 Å². The van der Waals surface area contributed by atoms with Gasteiger partial charge in [-0.2, -0.15) is 0 Å². The van der Waals surface area contributed by atoms with Gasteiger partial charge in [-0.15, -0.1) is 0 Å². The molecule has 2 aromatic carbocycles. The van der Waals surface area contributed by atoms with Gasteiger partial charge >= 0.3 is 0 Å². The van der Waals surface area contributed by atoms with E-state index in [1.807, 2.05) is 58.0 Å². The molecule has 0 radical (unpaired) electrons.